The number of halogens is 1. The zero-order valence-corrected chi connectivity index (χ0v) is 16.5. The standard InChI is InChI=1S/C18H23ClN4O2S/c1-3-20-17(24)12(2)26-18-22-21-16(13-6-8-14(19)9-7-13)23(18)11-15-5-4-10-25-15/h6-9,12,15H,3-5,10-11H2,1-2H3,(H,20,24)/t12-,15+/m1/s1. The Morgan fingerprint density at radius 3 is 2.85 bits per heavy atom. The molecule has 140 valence electrons. The van der Waals surface area contributed by atoms with E-state index in [-0.39, 0.29) is 17.3 Å². The summed E-state index contributed by atoms with van der Waals surface area (Å²) >= 11 is 7.42. The minimum atomic E-state index is -0.250. The molecular weight excluding hydrogens is 372 g/mol. The maximum absolute atomic E-state index is 12.1. The summed E-state index contributed by atoms with van der Waals surface area (Å²) in [5.74, 6) is 0.764. The molecule has 1 amide bonds. The number of ether oxygens (including phenoxy) is 1. The normalized spacial score (nSPS) is 18.0. The molecule has 3 rings (SSSR count). The lowest BCUT2D eigenvalue weighted by Gasteiger charge is -2.16. The van der Waals surface area contributed by atoms with E-state index in [1.807, 2.05) is 38.1 Å². The molecule has 1 aromatic carbocycles. The number of rotatable bonds is 7. The van der Waals surface area contributed by atoms with Crippen LogP contribution in [0.25, 0.3) is 11.4 Å². The van der Waals surface area contributed by atoms with Crippen molar-refractivity contribution >= 4 is 29.3 Å². The first kappa shape index (κ1) is 19.2. The van der Waals surface area contributed by atoms with Crippen LogP contribution in [0.15, 0.2) is 29.4 Å². The summed E-state index contributed by atoms with van der Waals surface area (Å²) in [6.07, 6.45) is 2.24. The molecule has 8 heteroatoms. The van der Waals surface area contributed by atoms with E-state index in [0.29, 0.717) is 18.1 Å². The van der Waals surface area contributed by atoms with Crippen LogP contribution in [0, 0.1) is 0 Å². The minimum Gasteiger partial charge on any atom is -0.376 e. The Balaban J connectivity index is 1.88. The zero-order chi connectivity index (χ0) is 18.5. The van der Waals surface area contributed by atoms with Crippen LogP contribution >= 0.6 is 23.4 Å². The van der Waals surface area contributed by atoms with E-state index in [4.69, 9.17) is 16.3 Å². The van der Waals surface area contributed by atoms with Crippen LogP contribution in [0.2, 0.25) is 5.02 Å². The molecule has 0 radical (unpaired) electrons. The van der Waals surface area contributed by atoms with E-state index in [2.05, 4.69) is 20.1 Å². The molecule has 2 atom stereocenters. The van der Waals surface area contributed by atoms with Gasteiger partial charge in [0.15, 0.2) is 11.0 Å². The van der Waals surface area contributed by atoms with E-state index in [1.54, 1.807) is 0 Å². The van der Waals surface area contributed by atoms with E-state index in [1.165, 1.54) is 11.8 Å². The Morgan fingerprint density at radius 1 is 1.42 bits per heavy atom. The van der Waals surface area contributed by atoms with Crippen LogP contribution in [-0.2, 0) is 16.1 Å². The van der Waals surface area contributed by atoms with Gasteiger partial charge >= 0.3 is 0 Å². The Morgan fingerprint density at radius 2 is 2.19 bits per heavy atom. The maximum atomic E-state index is 12.1. The second-order valence-corrected chi connectivity index (χ2v) is 7.96. The van der Waals surface area contributed by atoms with Gasteiger partial charge in [-0.2, -0.15) is 0 Å². The zero-order valence-electron chi connectivity index (χ0n) is 14.9. The van der Waals surface area contributed by atoms with Crippen molar-refractivity contribution in [1.29, 1.82) is 0 Å². The number of nitrogens with zero attached hydrogens (tertiary/aromatic N) is 3. The van der Waals surface area contributed by atoms with Crippen molar-refractivity contribution in [2.45, 2.75) is 49.7 Å². The van der Waals surface area contributed by atoms with Gasteiger partial charge in [0, 0.05) is 23.7 Å². The van der Waals surface area contributed by atoms with Crippen LogP contribution in [0.1, 0.15) is 26.7 Å². The number of benzene rings is 1. The number of carbonyl (C=O) groups is 1. The van der Waals surface area contributed by atoms with Gasteiger partial charge in [-0.3, -0.25) is 9.36 Å². The Kier molecular flexibility index (Phi) is 6.56. The van der Waals surface area contributed by atoms with Gasteiger partial charge in [-0.05, 0) is 51.0 Å². The first-order valence-corrected chi connectivity index (χ1v) is 10.1. The third-order valence-corrected chi connectivity index (χ3v) is 5.56. The Hall–Kier alpha value is -1.57. The van der Waals surface area contributed by atoms with E-state index >= 15 is 0 Å². The van der Waals surface area contributed by atoms with Crippen LogP contribution in [0.5, 0.6) is 0 Å². The van der Waals surface area contributed by atoms with Gasteiger partial charge in [0.05, 0.1) is 17.9 Å². The molecule has 2 aromatic rings. The molecule has 1 N–H and O–H groups in total. The average molecular weight is 395 g/mol. The van der Waals surface area contributed by atoms with Crippen molar-refractivity contribution in [1.82, 2.24) is 20.1 Å². The van der Waals surface area contributed by atoms with Gasteiger partial charge in [0.2, 0.25) is 5.91 Å². The fraction of sp³-hybridized carbons (Fsp3) is 0.500. The molecule has 1 aromatic heterocycles. The number of hydrogen-bond acceptors (Lipinski definition) is 5. The van der Waals surface area contributed by atoms with Crippen molar-refractivity contribution in [3.05, 3.63) is 29.3 Å². The van der Waals surface area contributed by atoms with Crippen LogP contribution in [-0.4, -0.2) is 45.2 Å². The molecule has 0 unspecified atom stereocenters. The highest BCUT2D eigenvalue weighted by Gasteiger charge is 2.24. The van der Waals surface area contributed by atoms with Crippen molar-refractivity contribution < 1.29 is 9.53 Å². The molecule has 1 aliphatic rings. The molecular formula is C18H23ClN4O2S. The summed E-state index contributed by atoms with van der Waals surface area (Å²) < 4.78 is 7.85. The van der Waals surface area contributed by atoms with Gasteiger partial charge in [-0.25, -0.2) is 0 Å². The smallest absolute Gasteiger partial charge is 0.233 e. The topological polar surface area (TPSA) is 69.0 Å². The third-order valence-electron chi connectivity index (χ3n) is 4.23. The molecule has 0 bridgehead atoms. The number of nitrogens with one attached hydrogen (secondary N) is 1. The van der Waals surface area contributed by atoms with Crippen molar-refractivity contribution in [3.63, 3.8) is 0 Å². The van der Waals surface area contributed by atoms with Gasteiger partial charge in [-0.1, -0.05) is 23.4 Å². The first-order chi connectivity index (χ1) is 12.6. The summed E-state index contributed by atoms with van der Waals surface area (Å²) in [7, 11) is 0. The highest BCUT2D eigenvalue weighted by atomic mass is 35.5. The largest absolute Gasteiger partial charge is 0.376 e. The number of thioether (sulfide) groups is 1. The highest BCUT2D eigenvalue weighted by molar-refractivity contribution is 8.00. The number of amides is 1. The summed E-state index contributed by atoms with van der Waals surface area (Å²) in [5, 5.41) is 12.7. The fourth-order valence-electron chi connectivity index (χ4n) is 2.87. The van der Waals surface area contributed by atoms with E-state index < -0.39 is 0 Å². The predicted molar refractivity (Wildman–Crippen MR) is 103 cm³/mol. The Labute approximate surface area is 162 Å². The summed E-state index contributed by atoms with van der Waals surface area (Å²) in [5.41, 5.74) is 0.942. The fourth-order valence-corrected chi connectivity index (χ4v) is 3.88. The molecule has 1 fully saturated rings. The summed E-state index contributed by atoms with van der Waals surface area (Å²) in [6, 6.07) is 7.54. The molecule has 0 saturated carbocycles. The van der Waals surface area contributed by atoms with Crippen LogP contribution in [0.3, 0.4) is 0 Å². The lowest BCUT2D eigenvalue weighted by atomic mass is 10.2. The minimum absolute atomic E-state index is 0.00258. The molecule has 0 spiro atoms. The highest BCUT2D eigenvalue weighted by Crippen LogP contribution is 2.29. The molecule has 6 nitrogen and oxygen atoms in total. The Bertz CT molecular complexity index is 744. The lowest BCUT2D eigenvalue weighted by molar-refractivity contribution is -0.120. The van der Waals surface area contributed by atoms with E-state index in [9.17, 15) is 4.79 Å². The summed E-state index contributed by atoms with van der Waals surface area (Å²) in [6.45, 7) is 5.87. The third kappa shape index (κ3) is 4.58. The van der Waals surface area contributed by atoms with Gasteiger partial charge in [0.25, 0.3) is 0 Å². The number of aromatic nitrogens is 3. The second-order valence-electron chi connectivity index (χ2n) is 6.21. The molecule has 1 aliphatic heterocycles. The molecule has 1 saturated heterocycles. The molecule has 2 heterocycles. The lowest BCUT2D eigenvalue weighted by Crippen LogP contribution is -2.30. The van der Waals surface area contributed by atoms with Crippen molar-refractivity contribution in [2.24, 2.45) is 0 Å². The SMILES string of the molecule is CCNC(=O)[C@@H](C)Sc1nnc(-c2ccc(Cl)cc2)n1C[C@@H]1CCCO1. The van der Waals surface area contributed by atoms with Gasteiger partial charge in [-0.15, -0.1) is 10.2 Å². The second kappa shape index (κ2) is 8.88. The van der Waals surface area contributed by atoms with Gasteiger partial charge in [0.1, 0.15) is 0 Å². The molecule has 26 heavy (non-hydrogen) atoms. The number of carbonyl (C=O) groups excluding carboxylic acids is 1. The average Bonchev–Trinajstić information content (AvgIpc) is 3.27. The van der Waals surface area contributed by atoms with Crippen molar-refractivity contribution in [3.8, 4) is 11.4 Å². The quantitative estimate of drug-likeness (QED) is 0.729. The predicted octanol–water partition coefficient (Wildman–Crippen LogP) is 3.39. The van der Waals surface area contributed by atoms with Crippen molar-refractivity contribution in [2.75, 3.05) is 13.2 Å². The first-order valence-electron chi connectivity index (χ1n) is 8.83. The van der Waals surface area contributed by atoms with Crippen LogP contribution in [0.4, 0.5) is 0 Å². The van der Waals surface area contributed by atoms with E-state index in [0.717, 1.165) is 36.0 Å². The molecule has 0 aliphatic carbocycles. The monoisotopic (exact) mass is 394 g/mol. The number of hydrogen-bond donors (Lipinski definition) is 1. The summed E-state index contributed by atoms with van der Waals surface area (Å²) in [4.78, 5) is 12.1. The maximum Gasteiger partial charge on any atom is 0.233 e. The van der Waals surface area contributed by atoms with Gasteiger partial charge < -0.3 is 10.1 Å². The van der Waals surface area contributed by atoms with Crippen LogP contribution < -0.4 is 5.32 Å².